The van der Waals surface area contributed by atoms with Crippen LogP contribution in [-0.2, 0) is 10.0 Å². The Morgan fingerprint density at radius 1 is 0.897 bits per heavy atom. The minimum atomic E-state index is -4.01. The molecule has 0 saturated carbocycles. The van der Waals surface area contributed by atoms with Crippen molar-refractivity contribution < 1.29 is 23.1 Å². The van der Waals surface area contributed by atoms with Crippen LogP contribution >= 0.6 is 34.8 Å². The molecule has 10 heteroatoms. The lowest BCUT2D eigenvalue weighted by atomic mass is 10.2. The molecule has 0 aromatic heterocycles. The fourth-order valence-corrected chi connectivity index (χ4v) is 3.87. The summed E-state index contributed by atoms with van der Waals surface area (Å²) >= 11 is 17.9. The molecule has 6 nitrogen and oxygen atoms in total. The zero-order valence-electron chi connectivity index (χ0n) is 14.4. The third-order valence-electron chi connectivity index (χ3n) is 3.73. The van der Waals surface area contributed by atoms with Crippen LogP contribution in [0.2, 0.25) is 15.1 Å². The Hall–Kier alpha value is -2.45. The Morgan fingerprint density at radius 2 is 1.52 bits per heavy atom. The molecule has 3 aromatic rings. The van der Waals surface area contributed by atoms with Crippen LogP contribution in [0.5, 0.6) is 11.5 Å². The van der Waals surface area contributed by atoms with Gasteiger partial charge in [0.25, 0.3) is 10.0 Å². The third-order valence-corrected chi connectivity index (χ3v) is 6.08. The summed E-state index contributed by atoms with van der Waals surface area (Å²) in [4.78, 5) is 11.4. The van der Waals surface area contributed by atoms with Crippen molar-refractivity contribution >= 4 is 56.5 Å². The molecule has 0 fully saturated rings. The van der Waals surface area contributed by atoms with Crippen LogP contribution in [0.3, 0.4) is 0 Å². The van der Waals surface area contributed by atoms with E-state index in [1.54, 1.807) is 6.07 Å². The molecule has 0 aliphatic heterocycles. The largest absolute Gasteiger partial charge is 0.478 e. The standard InChI is InChI=1S/C19H12Cl3NO5S/c20-11-5-7-12(8-6-11)29(26,27)23-16-9-14(21)15(22)10-18(16)28-17-4-2-1-3-13(17)19(24)25/h1-10,23H,(H,24,25). The first kappa shape index (κ1) is 21.3. The van der Waals surface area contributed by atoms with Gasteiger partial charge in [-0.25, -0.2) is 13.2 Å². The summed E-state index contributed by atoms with van der Waals surface area (Å²) < 4.78 is 33.5. The molecule has 0 atom stereocenters. The van der Waals surface area contributed by atoms with E-state index in [9.17, 15) is 18.3 Å². The summed E-state index contributed by atoms with van der Waals surface area (Å²) in [6.07, 6.45) is 0. The van der Waals surface area contributed by atoms with E-state index in [-0.39, 0.29) is 37.7 Å². The van der Waals surface area contributed by atoms with Crippen LogP contribution in [-0.4, -0.2) is 19.5 Å². The van der Waals surface area contributed by atoms with E-state index in [2.05, 4.69) is 4.72 Å². The molecule has 29 heavy (non-hydrogen) atoms. The molecule has 0 unspecified atom stereocenters. The Bertz CT molecular complexity index is 1180. The summed E-state index contributed by atoms with van der Waals surface area (Å²) in [5.74, 6) is -1.22. The minimum absolute atomic E-state index is 0.00494. The predicted molar refractivity (Wildman–Crippen MR) is 112 cm³/mol. The Balaban J connectivity index is 2.03. The summed E-state index contributed by atoms with van der Waals surface area (Å²) in [5, 5.41) is 9.89. The SMILES string of the molecule is O=C(O)c1ccccc1Oc1cc(Cl)c(Cl)cc1NS(=O)(=O)c1ccc(Cl)cc1. The third kappa shape index (κ3) is 4.94. The second-order valence-corrected chi connectivity index (χ2v) is 8.66. The number of hydrogen-bond donors (Lipinski definition) is 2. The van der Waals surface area contributed by atoms with E-state index >= 15 is 0 Å². The highest BCUT2D eigenvalue weighted by Gasteiger charge is 2.20. The number of ether oxygens (including phenoxy) is 1. The highest BCUT2D eigenvalue weighted by atomic mass is 35.5. The average molecular weight is 473 g/mol. The first-order valence-electron chi connectivity index (χ1n) is 7.95. The summed E-state index contributed by atoms with van der Waals surface area (Å²) in [5.41, 5.74) is -0.125. The molecule has 0 saturated heterocycles. The highest BCUT2D eigenvalue weighted by Crippen LogP contribution is 2.38. The number of carboxylic acids is 1. The van der Waals surface area contributed by atoms with Crippen molar-refractivity contribution in [1.29, 1.82) is 0 Å². The van der Waals surface area contributed by atoms with Crippen LogP contribution in [0, 0.1) is 0 Å². The van der Waals surface area contributed by atoms with Gasteiger partial charge in [-0.1, -0.05) is 46.9 Å². The van der Waals surface area contributed by atoms with Gasteiger partial charge >= 0.3 is 5.97 Å². The molecule has 0 heterocycles. The van der Waals surface area contributed by atoms with Crippen molar-refractivity contribution in [3.05, 3.63) is 81.3 Å². The van der Waals surface area contributed by atoms with Gasteiger partial charge in [0.15, 0.2) is 5.75 Å². The summed E-state index contributed by atoms with van der Waals surface area (Å²) in [6, 6.07) is 14.0. The molecule has 3 aromatic carbocycles. The van der Waals surface area contributed by atoms with Gasteiger partial charge in [-0.15, -0.1) is 0 Å². The van der Waals surface area contributed by atoms with Gasteiger partial charge in [-0.3, -0.25) is 4.72 Å². The lowest BCUT2D eigenvalue weighted by Crippen LogP contribution is -2.13. The smallest absolute Gasteiger partial charge is 0.339 e. The van der Waals surface area contributed by atoms with Crippen molar-refractivity contribution in [2.75, 3.05) is 4.72 Å². The number of carbonyl (C=O) groups is 1. The van der Waals surface area contributed by atoms with E-state index in [0.717, 1.165) is 0 Å². The molecule has 0 aliphatic carbocycles. The van der Waals surface area contributed by atoms with Crippen LogP contribution in [0.4, 0.5) is 5.69 Å². The lowest BCUT2D eigenvalue weighted by molar-refractivity contribution is 0.0694. The van der Waals surface area contributed by atoms with Gasteiger partial charge in [0.05, 0.1) is 20.6 Å². The quantitative estimate of drug-likeness (QED) is 0.463. The number of rotatable bonds is 6. The van der Waals surface area contributed by atoms with Crippen LogP contribution < -0.4 is 9.46 Å². The topological polar surface area (TPSA) is 92.7 Å². The second-order valence-electron chi connectivity index (χ2n) is 5.73. The van der Waals surface area contributed by atoms with Crippen molar-refractivity contribution in [3.63, 3.8) is 0 Å². The van der Waals surface area contributed by atoms with E-state index in [0.29, 0.717) is 5.02 Å². The Morgan fingerprint density at radius 3 is 2.17 bits per heavy atom. The fraction of sp³-hybridized carbons (Fsp3) is 0. The summed E-state index contributed by atoms with van der Waals surface area (Å²) in [7, 11) is -4.01. The number of sulfonamides is 1. The maximum Gasteiger partial charge on any atom is 0.339 e. The number of aromatic carboxylic acids is 1. The van der Waals surface area contributed by atoms with E-state index in [1.165, 1.54) is 54.6 Å². The number of nitrogens with one attached hydrogen (secondary N) is 1. The Labute approximate surface area is 181 Å². The first-order chi connectivity index (χ1) is 13.7. The number of anilines is 1. The highest BCUT2D eigenvalue weighted by molar-refractivity contribution is 7.92. The van der Waals surface area contributed by atoms with Crippen molar-refractivity contribution in [1.82, 2.24) is 0 Å². The van der Waals surface area contributed by atoms with Crippen molar-refractivity contribution in [2.45, 2.75) is 4.90 Å². The van der Waals surface area contributed by atoms with Gasteiger partial charge in [0.2, 0.25) is 0 Å². The number of halogens is 3. The molecule has 0 spiro atoms. The van der Waals surface area contributed by atoms with Crippen molar-refractivity contribution in [2.24, 2.45) is 0 Å². The average Bonchev–Trinajstić information content (AvgIpc) is 2.66. The Kier molecular flexibility index (Phi) is 6.24. The first-order valence-corrected chi connectivity index (χ1v) is 10.6. The maximum atomic E-state index is 12.7. The van der Waals surface area contributed by atoms with Gasteiger partial charge in [0.1, 0.15) is 11.3 Å². The van der Waals surface area contributed by atoms with Gasteiger partial charge in [-0.2, -0.15) is 0 Å². The molecular weight excluding hydrogens is 461 g/mol. The molecular formula is C19H12Cl3NO5S. The van der Waals surface area contributed by atoms with Gasteiger partial charge < -0.3 is 9.84 Å². The summed E-state index contributed by atoms with van der Waals surface area (Å²) in [6.45, 7) is 0. The predicted octanol–water partition coefficient (Wildman–Crippen LogP) is 5.94. The van der Waals surface area contributed by atoms with Gasteiger partial charge in [0, 0.05) is 11.1 Å². The van der Waals surface area contributed by atoms with Crippen LogP contribution in [0.15, 0.2) is 65.6 Å². The molecule has 0 radical (unpaired) electrons. The van der Waals surface area contributed by atoms with E-state index in [1.807, 2.05) is 0 Å². The number of para-hydroxylation sites is 1. The molecule has 0 amide bonds. The normalized spacial score (nSPS) is 11.1. The fourth-order valence-electron chi connectivity index (χ4n) is 2.36. The second kappa shape index (κ2) is 8.51. The van der Waals surface area contributed by atoms with Crippen molar-refractivity contribution in [3.8, 4) is 11.5 Å². The van der Waals surface area contributed by atoms with E-state index in [4.69, 9.17) is 39.5 Å². The molecule has 2 N–H and O–H groups in total. The van der Waals surface area contributed by atoms with Crippen LogP contribution in [0.1, 0.15) is 10.4 Å². The molecule has 0 aliphatic rings. The zero-order valence-corrected chi connectivity index (χ0v) is 17.5. The number of carboxylic acid groups (broad SMARTS) is 1. The zero-order chi connectivity index (χ0) is 21.2. The van der Waals surface area contributed by atoms with Crippen LogP contribution in [0.25, 0.3) is 0 Å². The monoisotopic (exact) mass is 471 g/mol. The maximum absolute atomic E-state index is 12.7. The molecule has 0 bridgehead atoms. The lowest BCUT2D eigenvalue weighted by Gasteiger charge is -2.16. The number of hydrogen-bond acceptors (Lipinski definition) is 4. The number of benzene rings is 3. The molecule has 150 valence electrons. The minimum Gasteiger partial charge on any atom is -0.478 e. The van der Waals surface area contributed by atoms with Gasteiger partial charge in [-0.05, 0) is 42.5 Å². The molecule has 3 rings (SSSR count). The van der Waals surface area contributed by atoms with E-state index < -0.39 is 16.0 Å².